The fourth-order valence-electron chi connectivity index (χ4n) is 1.46. The molecular weight excluding hydrogens is 234 g/mol. The number of H-pyrrole nitrogens is 1. The van der Waals surface area contributed by atoms with Crippen molar-refractivity contribution in [1.29, 1.82) is 0 Å². The van der Waals surface area contributed by atoms with Crippen LogP contribution in [-0.2, 0) is 4.79 Å². The van der Waals surface area contributed by atoms with Gasteiger partial charge in [0.2, 0.25) is 0 Å². The number of nitrogens with one attached hydrogen (secondary N) is 3. The molecule has 0 radical (unpaired) electrons. The van der Waals surface area contributed by atoms with Crippen LogP contribution in [0.15, 0.2) is 12.5 Å². The molecule has 1 rings (SSSR count). The van der Waals surface area contributed by atoms with Crippen molar-refractivity contribution in [3.05, 3.63) is 18.2 Å². The lowest BCUT2D eigenvalue weighted by Gasteiger charge is -2.16. The SMILES string of the molecule is CCN[C@@H](CNC(=O)c1cnc[nH]1)C(=O)CC.N. The number of likely N-dealkylation sites (N-methyl/N-ethyl adjacent to an activating group) is 1. The molecule has 6 N–H and O–H groups in total. The van der Waals surface area contributed by atoms with Crippen LogP contribution in [0.4, 0.5) is 0 Å². The molecule has 0 saturated carbocycles. The third-order valence-electron chi connectivity index (χ3n) is 2.40. The molecule has 18 heavy (non-hydrogen) atoms. The van der Waals surface area contributed by atoms with Crippen molar-refractivity contribution >= 4 is 11.7 Å². The van der Waals surface area contributed by atoms with Gasteiger partial charge in [0, 0.05) is 13.0 Å². The number of hydrogen-bond acceptors (Lipinski definition) is 5. The van der Waals surface area contributed by atoms with E-state index in [0.717, 1.165) is 0 Å². The summed E-state index contributed by atoms with van der Waals surface area (Å²) in [7, 11) is 0. The minimum Gasteiger partial charge on any atom is -0.349 e. The number of rotatable bonds is 7. The average molecular weight is 255 g/mol. The van der Waals surface area contributed by atoms with Gasteiger partial charge in [-0.1, -0.05) is 13.8 Å². The Morgan fingerprint density at radius 3 is 2.67 bits per heavy atom. The van der Waals surface area contributed by atoms with E-state index in [-0.39, 0.29) is 23.9 Å². The van der Waals surface area contributed by atoms with Crippen molar-refractivity contribution < 1.29 is 9.59 Å². The van der Waals surface area contributed by atoms with E-state index in [0.29, 0.717) is 25.2 Å². The van der Waals surface area contributed by atoms with Gasteiger partial charge in [-0.3, -0.25) is 9.59 Å². The predicted octanol–water partition coefficient (Wildman–Crippen LogP) is 0.259. The summed E-state index contributed by atoms with van der Waals surface area (Å²) >= 11 is 0. The molecule has 0 bridgehead atoms. The summed E-state index contributed by atoms with van der Waals surface area (Å²) in [5, 5.41) is 5.74. The Morgan fingerprint density at radius 1 is 1.44 bits per heavy atom. The Bertz CT molecular complexity index is 364. The smallest absolute Gasteiger partial charge is 0.269 e. The van der Waals surface area contributed by atoms with E-state index in [1.807, 2.05) is 13.8 Å². The van der Waals surface area contributed by atoms with Crippen LogP contribution in [0, 0.1) is 0 Å². The van der Waals surface area contributed by atoms with Crippen LogP contribution >= 0.6 is 0 Å². The summed E-state index contributed by atoms with van der Waals surface area (Å²) in [5.41, 5.74) is 0.393. The number of carbonyl (C=O) groups is 2. The number of aromatic nitrogens is 2. The molecule has 1 amide bonds. The van der Waals surface area contributed by atoms with E-state index in [2.05, 4.69) is 20.6 Å². The lowest BCUT2D eigenvalue weighted by molar-refractivity contribution is -0.120. The van der Waals surface area contributed by atoms with Crippen LogP contribution in [-0.4, -0.2) is 40.8 Å². The largest absolute Gasteiger partial charge is 0.349 e. The molecule has 102 valence electrons. The normalized spacial score (nSPS) is 11.4. The summed E-state index contributed by atoms with van der Waals surface area (Å²) in [6, 6.07) is -0.322. The van der Waals surface area contributed by atoms with Gasteiger partial charge < -0.3 is 21.8 Å². The highest BCUT2D eigenvalue weighted by molar-refractivity contribution is 5.92. The molecule has 0 fully saturated rings. The Hall–Kier alpha value is -1.73. The number of imidazole rings is 1. The van der Waals surface area contributed by atoms with E-state index in [9.17, 15) is 9.59 Å². The molecule has 0 aliphatic carbocycles. The van der Waals surface area contributed by atoms with Gasteiger partial charge in [0.05, 0.1) is 18.6 Å². The Kier molecular flexibility index (Phi) is 7.57. The van der Waals surface area contributed by atoms with Crippen LogP contribution in [0.3, 0.4) is 0 Å². The first-order valence-electron chi connectivity index (χ1n) is 5.71. The van der Waals surface area contributed by atoms with Crippen LogP contribution in [0.5, 0.6) is 0 Å². The number of amides is 1. The molecule has 0 spiro atoms. The molecule has 1 atom stereocenters. The zero-order valence-corrected chi connectivity index (χ0v) is 10.8. The van der Waals surface area contributed by atoms with Crippen LogP contribution in [0.1, 0.15) is 30.8 Å². The number of carbonyl (C=O) groups excluding carboxylic acids is 2. The Balaban J connectivity index is 0.00000289. The molecule has 7 nitrogen and oxygen atoms in total. The standard InChI is InChI=1S/C11H18N4O2.H3N/c1-3-10(16)8(13-4-2)6-14-11(17)9-5-12-7-15-9;/h5,7-8,13H,3-4,6H2,1-2H3,(H,12,15)(H,14,17);1H3/t8-;/m0./s1. The van der Waals surface area contributed by atoms with Crippen LogP contribution in [0.2, 0.25) is 0 Å². The molecule has 1 heterocycles. The van der Waals surface area contributed by atoms with Crippen molar-refractivity contribution in [3.63, 3.8) is 0 Å². The first-order valence-corrected chi connectivity index (χ1v) is 5.71. The minimum absolute atomic E-state index is 0. The number of Topliss-reactive ketones (excluding diaryl/α,β-unsaturated/α-hetero) is 1. The number of nitrogens with zero attached hydrogens (tertiary/aromatic N) is 1. The lowest BCUT2D eigenvalue weighted by atomic mass is 10.1. The molecule has 0 aliphatic heterocycles. The second-order valence-electron chi connectivity index (χ2n) is 3.61. The van der Waals surface area contributed by atoms with Crippen molar-refractivity contribution in [2.75, 3.05) is 13.1 Å². The fourth-order valence-corrected chi connectivity index (χ4v) is 1.46. The highest BCUT2D eigenvalue weighted by Gasteiger charge is 2.16. The van der Waals surface area contributed by atoms with E-state index in [1.54, 1.807) is 0 Å². The van der Waals surface area contributed by atoms with E-state index >= 15 is 0 Å². The van der Waals surface area contributed by atoms with Gasteiger partial charge in [0.25, 0.3) is 5.91 Å². The van der Waals surface area contributed by atoms with E-state index in [4.69, 9.17) is 0 Å². The molecule has 0 saturated heterocycles. The van der Waals surface area contributed by atoms with Crippen molar-refractivity contribution in [3.8, 4) is 0 Å². The van der Waals surface area contributed by atoms with Gasteiger partial charge in [-0.15, -0.1) is 0 Å². The van der Waals surface area contributed by atoms with Gasteiger partial charge in [-0.05, 0) is 6.54 Å². The highest BCUT2D eigenvalue weighted by atomic mass is 16.2. The maximum Gasteiger partial charge on any atom is 0.269 e. The van der Waals surface area contributed by atoms with Gasteiger partial charge in [-0.25, -0.2) is 4.98 Å². The predicted molar refractivity (Wildman–Crippen MR) is 68.7 cm³/mol. The third kappa shape index (κ3) is 4.64. The number of hydrogen-bond donors (Lipinski definition) is 4. The zero-order valence-electron chi connectivity index (χ0n) is 10.8. The summed E-state index contributed by atoms with van der Waals surface area (Å²) in [4.78, 5) is 29.6. The van der Waals surface area contributed by atoms with Crippen molar-refractivity contribution in [2.24, 2.45) is 0 Å². The van der Waals surface area contributed by atoms with Gasteiger partial charge >= 0.3 is 0 Å². The first-order chi connectivity index (χ1) is 8.19. The fraction of sp³-hybridized carbons (Fsp3) is 0.545. The topological polar surface area (TPSA) is 122 Å². The Labute approximate surface area is 106 Å². The molecule has 1 aromatic rings. The van der Waals surface area contributed by atoms with E-state index in [1.165, 1.54) is 12.5 Å². The van der Waals surface area contributed by atoms with Crippen LogP contribution in [0.25, 0.3) is 0 Å². The molecule has 0 unspecified atom stereocenters. The highest BCUT2D eigenvalue weighted by Crippen LogP contribution is 1.93. The molecule has 1 aromatic heterocycles. The number of ketones is 1. The van der Waals surface area contributed by atoms with Crippen molar-refractivity contribution in [1.82, 2.24) is 26.8 Å². The third-order valence-corrected chi connectivity index (χ3v) is 2.40. The summed E-state index contributed by atoms with van der Waals surface area (Å²) in [6.07, 6.45) is 3.34. The summed E-state index contributed by atoms with van der Waals surface area (Å²) in [5.74, 6) is -0.161. The lowest BCUT2D eigenvalue weighted by Crippen LogP contribution is -2.45. The number of aromatic amines is 1. The van der Waals surface area contributed by atoms with Crippen molar-refractivity contribution in [2.45, 2.75) is 26.3 Å². The summed E-state index contributed by atoms with van der Waals surface area (Å²) in [6.45, 7) is 4.71. The maximum absolute atomic E-state index is 11.6. The Morgan fingerprint density at radius 2 is 2.17 bits per heavy atom. The van der Waals surface area contributed by atoms with Gasteiger partial charge in [0.1, 0.15) is 5.69 Å². The van der Waals surface area contributed by atoms with Gasteiger partial charge in [0.15, 0.2) is 5.78 Å². The zero-order chi connectivity index (χ0) is 12.7. The quantitative estimate of drug-likeness (QED) is 0.556. The second kappa shape index (κ2) is 8.37. The molecule has 0 aromatic carbocycles. The van der Waals surface area contributed by atoms with Gasteiger partial charge in [-0.2, -0.15) is 0 Å². The molecular formula is C11H21N5O2. The summed E-state index contributed by atoms with van der Waals surface area (Å²) < 4.78 is 0. The average Bonchev–Trinajstić information content (AvgIpc) is 2.86. The van der Waals surface area contributed by atoms with E-state index < -0.39 is 0 Å². The monoisotopic (exact) mass is 255 g/mol. The van der Waals surface area contributed by atoms with Crippen LogP contribution < -0.4 is 16.8 Å². The first kappa shape index (κ1) is 16.3. The minimum atomic E-state index is -0.322. The molecule has 0 aliphatic rings. The second-order valence-corrected chi connectivity index (χ2v) is 3.61. The maximum atomic E-state index is 11.6. The molecule has 7 heteroatoms.